The fourth-order valence-corrected chi connectivity index (χ4v) is 7.30. The lowest BCUT2D eigenvalue weighted by Crippen LogP contribution is -2.64. The predicted octanol–water partition coefficient (Wildman–Crippen LogP) is 5.17. The highest BCUT2D eigenvalue weighted by Crippen LogP contribution is 2.51. The summed E-state index contributed by atoms with van der Waals surface area (Å²) >= 11 is 6.09. The number of carbonyl (C=O) groups is 1. The number of para-hydroxylation sites is 1. The molecule has 0 amide bonds. The van der Waals surface area contributed by atoms with Crippen molar-refractivity contribution >= 4 is 34.3 Å². The van der Waals surface area contributed by atoms with Crippen molar-refractivity contribution in [3.63, 3.8) is 0 Å². The molecule has 46 heavy (non-hydrogen) atoms. The summed E-state index contributed by atoms with van der Waals surface area (Å²) < 4.78 is 31.5. The van der Waals surface area contributed by atoms with Gasteiger partial charge in [-0.25, -0.2) is 9.78 Å². The van der Waals surface area contributed by atoms with Crippen LogP contribution in [0, 0.1) is 0 Å². The smallest absolute Gasteiger partial charge is 0.341 e. The number of anilines is 1. The Balaban J connectivity index is 1.06. The van der Waals surface area contributed by atoms with Crippen molar-refractivity contribution in [3.05, 3.63) is 70.8 Å². The van der Waals surface area contributed by atoms with Gasteiger partial charge in [-0.05, 0) is 49.6 Å². The molecule has 1 unspecified atom stereocenters. The molecule has 4 aliphatic rings. The molecule has 12 heteroatoms. The number of aromatic nitrogens is 3. The van der Waals surface area contributed by atoms with Gasteiger partial charge in [0.05, 0.1) is 55.2 Å². The van der Waals surface area contributed by atoms with Crippen LogP contribution in [0.2, 0.25) is 5.02 Å². The van der Waals surface area contributed by atoms with Gasteiger partial charge in [0.2, 0.25) is 0 Å². The lowest BCUT2D eigenvalue weighted by molar-refractivity contribution is -0.0717. The SMILES string of the molecule is COC(=O)c1cc2c(cc1OC)nc(CN1CCN(c3cccc4c3OC(C)(c3ccc(Cl)cn3)O4)[C@@H]3CC[C@H]31)n2C[C@@H]1CCO1. The van der Waals surface area contributed by atoms with Crippen LogP contribution in [0.5, 0.6) is 17.2 Å². The molecule has 2 aromatic heterocycles. The molecule has 3 fully saturated rings. The van der Waals surface area contributed by atoms with E-state index in [0.29, 0.717) is 53.0 Å². The second-order valence-electron chi connectivity index (χ2n) is 12.4. The van der Waals surface area contributed by atoms with Gasteiger partial charge in [-0.15, -0.1) is 0 Å². The van der Waals surface area contributed by atoms with Crippen LogP contribution < -0.4 is 19.1 Å². The Bertz CT molecular complexity index is 1810. The van der Waals surface area contributed by atoms with Gasteiger partial charge in [0.15, 0.2) is 11.5 Å². The molecule has 11 nitrogen and oxygen atoms in total. The minimum absolute atomic E-state index is 0.129. The van der Waals surface area contributed by atoms with Crippen LogP contribution in [0.3, 0.4) is 0 Å². The molecule has 2 saturated heterocycles. The number of fused-ring (bicyclic) bond motifs is 3. The fraction of sp³-hybridized carbons (Fsp3) is 0.441. The molecule has 5 heterocycles. The average molecular weight is 646 g/mol. The van der Waals surface area contributed by atoms with E-state index in [4.69, 9.17) is 40.3 Å². The molecular weight excluding hydrogens is 610 g/mol. The Labute approximate surface area is 271 Å². The summed E-state index contributed by atoms with van der Waals surface area (Å²) in [6.45, 7) is 5.74. The maximum absolute atomic E-state index is 12.6. The summed E-state index contributed by atoms with van der Waals surface area (Å²) in [5.74, 6) is 1.39. The number of piperazine rings is 1. The molecule has 0 spiro atoms. The number of pyridine rings is 1. The van der Waals surface area contributed by atoms with E-state index in [0.717, 1.165) is 67.3 Å². The van der Waals surface area contributed by atoms with Gasteiger partial charge in [-0.1, -0.05) is 17.7 Å². The van der Waals surface area contributed by atoms with Crippen molar-refractivity contribution < 1.29 is 28.5 Å². The van der Waals surface area contributed by atoms with E-state index in [1.54, 1.807) is 19.4 Å². The first-order valence-electron chi connectivity index (χ1n) is 15.8. The predicted molar refractivity (Wildman–Crippen MR) is 171 cm³/mol. The first-order chi connectivity index (χ1) is 22.3. The van der Waals surface area contributed by atoms with Gasteiger partial charge < -0.3 is 33.2 Å². The summed E-state index contributed by atoms with van der Waals surface area (Å²) in [6, 6.07) is 14.1. The van der Waals surface area contributed by atoms with Gasteiger partial charge in [0.1, 0.15) is 22.8 Å². The molecule has 0 N–H and O–H groups in total. The topological polar surface area (TPSA) is 100 Å². The third-order valence-electron chi connectivity index (χ3n) is 9.84. The van der Waals surface area contributed by atoms with E-state index < -0.39 is 11.8 Å². The summed E-state index contributed by atoms with van der Waals surface area (Å²) in [7, 11) is 2.93. The lowest BCUT2D eigenvalue weighted by Gasteiger charge is -2.54. The lowest BCUT2D eigenvalue weighted by atomic mass is 9.81. The van der Waals surface area contributed by atoms with E-state index in [-0.39, 0.29) is 6.10 Å². The molecule has 0 bridgehead atoms. The van der Waals surface area contributed by atoms with Crippen molar-refractivity contribution in [3.8, 4) is 17.2 Å². The highest BCUT2D eigenvalue weighted by molar-refractivity contribution is 6.30. The molecule has 1 aliphatic carbocycles. The Hall–Kier alpha value is -4.06. The van der Waals surface area contributed by atoms with E-state index in [1.165, 1.54) is 7.11 Å². The number of imidazole rings is 1. The zero-order valence-electron chi connectivity index (χ0n) is 26.1. The Morgan fingerprint density at radius 1 is 1.09 bits per heavy atom. The fourth-order valence-electron chi connectivity index (χ4n) is 7.18. The summed E-state index contributed by atoms with van der Waals surface area (Å²) in [5, 5.41) is 0.565. The molecule has 0 radical (unpaired) electrons. The van der Waals surface area contributed by atoms with E-state index in [9.17, 15) is 4.79 Å². The molecular formula is C34H36ClN5O6. The highest BCUT2D eigenvalue weighted by Gasteiger charge is 2.47. The van der Waals surface area contributed by atoms with Crippen LogP contribution in [0.15, 0.2) is 48.7 Å². The number of hydrogen-bond acceptors (Lipinski definition) is 10. The molecule has 4 aromatic rings. The average Bonchev–Trinajstić information content (AvgIpc) is 3.55. The number of nitrogens with zero attached hydrogens (tertiary/aromatic N) is 5. The maximum atomic E-state index is 12.6. The summed E-state index contributed by atoms with van der Waals surface area (Å²) in [5.41, 5.74) is 3.76. The normalized spacial score (nSPS) is 25.1. The number of esters is 1. The standard InChI is InChI=1S/C34H36ClN5O6/c1-34(30-10-7-20(35)17-36-30)45-28-6-4-5-26(32(28)46-34)39-13-12-38(24-8-9-25(24)39)19-31-37-23-16-29(42-2)22(33(41)43-3)15-27(23)40(31)18-21-11-14-44-21/h4-7,10,15-17,21,24-25H,8-9,11-14,18-19H2,1-3H3/t21-,24+,25+,34?/m0/s1. The number of halogens is 1. The number of ether oxygens (including phenoxy) is 5. The molecule has 4 atom stereocenters. The van der Waals surface area contributed by atoms with Crippen LogP contribution in [0.1, 0.15) is 48.1 Å². The third kappa shape index (κ3) is 4.83. The van der Waals surface area contributed by atoms with Crippen LogP contribution in [0.4, 0.5) is 5.69 Å². The van der Waals surface area contributed by atoms with Gasteiger partial charge in [-0.3, -0.25) is 9.88 Å². The van der Waals surface area contributed by atoms with Gasteiger partial charge in [0, 0.05) is 51.0 Å². The zero-order valence-corrected chi connectivity index (χ0v) is 26.8. The van der Waals surface area contributed by atoms with Crippen molar-refractivity contribution in [2.75, 3.05) is 38.8 Å². The molecule has 3 aliphatic heterocycles. The molecule has 2 aromatic carbocycles. The second kappa shape index (κ2) is 11.3. The number of methoxy groups -OCH3 is 2. The van der Waals surface area contributed by atoms with Crippen molar-refractivity contribution in [2.45, 2.75) is 63.3 Å². The molecule has 8 rings (SSSR count). The largest absolute Gasteiger partial charge is 0.496 e. The molecule has 1 saturated carbocycles. The van der Waals surface area contributed by atoms with E-state index in [2.05, 4.69) is 25.4 Å². The quantitative estimate of drug-likeness (QED) is 0.239. The number of hydrogen-bond donors (Lipinski definition) is 0. The third-order valence-corrected chi connectivity index (χ3v) is 10.1. The molecule has 240 valence electrons. The minimum atomic E-state index is -1.04. The first-order valence-corrected chi connectivity index (χ1v) is 16.1. The minimum Gasteiger partial charge on any atom is -0.496 e. The first kappa shape index (κ1) is 29.3. The number of rotatable bonds is 8. The number of benzene rings is 2. The monoisotopic (exact) mass is 645 g/mol. The van der Waals surface area contributed by atoms with Crippen LogP contribution in [0.25, 0.3) is 11.0 Å². The van der Waals surface area contributed by atoms with E-state index in [1.807, 2.05) is 37.3 Å². The Morgan fingerprint density at radius 3 is 2.63 bits per heavy atom. The van der Waals surface area contributed by atoms with Crippen LogP contribution in [-0.2, 0) is 28.4 Å². The second-order valence-corrected chi connectivity index (χ2v) is 12.9. The Kier molecular flexibility index (Phi) is 7.23. The zero-order chi connectivity index (χ0) is 31.6. The van der Waals surface area contributed by atoms with Crippen molar-refractivity contribution in [1.29, 1.82) is 0 Å². The number of carbonyl (C=O) groups excluding carboxylic acids is 1. The van der Waals surface area contributed by atoms with Gasteiger partial charge >= 0.3 is 5.97 Å². The van der Waals surface area contributed by atoms with Crippen molar-refractivity contribution in [1.82, 2.24) is 19.4 Å². The van der Waals surface area contributed by atoms with E-state index >= 15 is 0 Å². The summed E-state index contributed by atoms with van der Waals surface area (Å²) in [4.78, 5) is 27.2. The van der Waals surface area contributed by atoms with Crippen LogP contribution in [-0.4, -0.2) is 77.5 Å². The Morgan fingerprint density at radius 2 is 1.93 bits per heavy atom. The summed E-state index contributed by atoms with van der Waals surface area (Å²) in [6.07, 6.45) is 4.94. The van der Waals surface area contributed by atoms with Crippen LogP contribution >= 0.6 is 11.6 Å². The van der Waals surface area contributed by atoms with Gasteiger partial charge in [-0.2, -0.15) is 0 Å². The van der Waals surface area contributed by atoms with Gasteiger partial charge in [0.25, 0.3) is 5.79 Å². The van der Waals surface area contributed by atoms with Crippen molar-refractivity contribution in [2.24, 2.45) is 0 Å². The highest BCUT2D eigenvalue weighted by atomic mass is 35.5. The maximum Gasteiger partial charge on any atom is 0.341 e.